The van der Waals surface area contributed by atoms with Gasteiger partial charge < -0.3 is 14.6 Å². The molecule has 0 saturated carbocycles. The molecule has 6 nitrogen and oxygen atoms in total. The van der Waals surface area contributed by atoms with Crippen LogP contribution in [-0.2, 0) is 6.42 Å². The Morgan fingerprint density at radius 1 is 1.21 bits per heavy atom. The normalized spacial score (nSPS) is 13.5. The Kier molecular flexibility index (Phi) is 3.33. The highest BCUT2D eigenvalue weighted by Crippen LogP contribution is 2.31. The average Bonchev–Trinajstić information content (AvgIpc) is 2.93. The number of aromatic nitrogens is 3. The van der Waals surface area contributed by atoms with Gasteiger partial charge in [-0.1, -0.05) is 5.21 Å². The van der Waals surface area contributed by atoms with Crippen molar-refractivity contribution in [3.8, 4) is 17.2 Å². The molecule has 19 heavy (non-hydrogen) atoms. The Morgan fingerprint density at radius 3 is 2.89 bits per heavy atom. The van der Waals surface area contributed by atoms with E-state index in [9.17, 15) is 0 Å². The fourth-order valence-electron chi connectivity index (χ4n) is 1.97. The molecular weight excluding hydrogens is 246 g/mol. The molecule has 6 heteroatoms. The first-order valence-corrected chi connectivity index (χ1v) is 6.29. The first kappa shape index (κ1) is 12.0. The van der Waals surface area contributed by atoms with Gasteiger partial charge in [0, 0.05) is 12.7 Å². The summed E-state index contributed by atoms with van der Waals surface area (Å²) in [6.07, 6.45) is 3.28. The van der Waals surface area contributed by atoms with Gasteiger partial charge >= 0.3 is 0 Å². The molecule has 0 amide bonds. The summed E-state index contributed by atoms with van der Waals surface area (Å²) >= 11 is 0. The van der Waals surface area contributed by atoms with Crippen molar-refractivity contribution < 1.29 is 14.6 Å². The van der Waals surface area contributed by atoms with Crippen LogP contribution in [-0.4, -0.2) is 39.9 Å². The number of ether oxygens (including phenoxy) is 2. The third-order valence-electron chi connectivity index (χ3n) is 2.92. The van der Waals surface area contributed by atoms with Gasteiger partial charge in [0.2, 0.25) is 0 Å². The highest BCUT2D eigenvalue weighted by Gasteiger charge is 2.13. The maximum Gasteiger partial charge on any atom is 0.163 e. The quantitative estimate of drug-likeness (QED) is 0.888. The van der Waals surface area contributed by atoms with Crippen LogP contribution in [0.15, 0.2) is 24.4 Å². The monoisotopic (exact) mass is 261 g/mol. The maximum atomic E-state index is 8.80. The topological polar surface area (TPSA) is 69.4 Å². The van der Waals surface area contributed by atoms with Crippen molar-refractivity contribution in [2.75, 3.05) is 19.8 Å². The van der Waals surface area contributed by atoms with E-state index in [1.165, 1.54) is 0 Å². The summed E-state index contributed by atoms with van der Waals surface area (Å²) in [7, 11) is 0. The minimum Gasteiger partial charge on any atom is -0.486 e. The van der Waals surface area contributed by atoms with E-state index in [-0.39, 0.29) is 6.61 Å². The Hall–Kier alpha value is -2.08. The second-order valence-electron chi connectivity index (χ2n) is 4.31. The van der Waals surface area contributed by atoms with Crippen LogP contribution < -0.4 is 9.47 Å². The number of hydrogen-bond acceptors (Lipinski definition) is 5. The van der Waals surface area contributed by atoms with E-state index in [2.05, 4.69) is 10.3 Å². The third kappa shape index (κ3) is 2.53. The zero-order valence-electron chi connectivity index (χ0n) is 10.5. The summed E-state index contributed by atoms with van der Waals surface area (Å²) in [5.41, 5.74) is 1.75. The van der Waals surface area contributed by atoms with Gasteiger partial charge in [0.25, 0.3) is 0 Å². The van der Waals surface area contributed by atoms with E-state index in [1.807, 2.05) is 24.4 Å². The molecule has 1 aromatic heterocycles. The van der Waals surface area contributed by atoms with Gasteiger partial charge in [-0.25, -0.2) is 4.68 Å². The Morgan fingerprint density at radius 2 is 2.05 bits per heavy atom. The van der Waals surface area contributed by atoms with Crippen molar-refractivity contribution in [2.24, 2.45) is 0 Å². The smallest absolute Gasteiger partial charge is 0.163 e. The highest BCUT2D eigenvalue weighted by molar-refractivity contribution is 5.49. The van der Waals surface area contributed by atoms with E-state index in [1.54, 1.807) is 4.68 Å². The molecule has 1 aromatic carbocycles. The van der Waals surface area contributed by atoms with Crippen LogP contribution in [0.2, 0.25) is 0 Å². The first-order valence-electron chi connectivity index (χ1n) is 6.29. The number of benzene rings is 1. The molecule has 0 spiro atoms. The van der Waals surface area contributed by atoms with E-state index < -0.39 is 0 Å². The molecule has 0 radical (unpaired) electrons. The molecule has 100 valence electrons. The van der Waals surface area contributed by atoms with Crippen molar-refractivity contribution in [1.82, 2.24) is 15.0 Å². The summed E-state index contributed by atoms with van der Waals surface area (Å²) in [6, 6.07) is 5.68. The zero-order valence-corrected chi connectivity index (χ0v) is 10.5. The van der Waals surface area contributed by atoms with Crippen LogP contribution in [0.3, 0.4) is 0 Å². The number of aryl methyl sites for hydroxylation is 1. The summed E-state index contributed by atoms with van der Waals surface area (Å²) in [5.74, 6) is 1.49. The molecular formula is C13H15N3O3. The molecule has 0 unspecified atom stereocenters. The third-order valence-corrected chi connectivity index (χ3v) is 2.92. The summed E-state index contributed by atoms with van der Waals surface area (Å²) in [6.45, 7) is 1.31. The lowest BCUT2D eigenvalue weighted by atomic mass is 10.2. The molecule has 2 aromatic rings. The Balaban J connectivity index is 1.83. The van der Waals surface area contributed by atoms with E-state index in [4.69, 9.17) is 14.6 Å². The van der Waals surface area contributed by atoms with Crippen LogP contribution >= 0.6 is 0 Å². The lowest BCUT2D eigenvalue weighted by Gasteiger charge is -2.18. The highest BCUT2D eigenvalue weighted by atomic mass is 16.6. The predicted octanol–water partition coefficient (Wildman–Crippen LogP) is 0.963. The molecule has 0 aliphatic carbocycles. The minimum atomic E-state index is 0.164. The second kappa shape index (κ2) is 5.27. The van der Waals surface area contributed by atoms with Gasteiger partial charge in [-0.15, -0.1) is 5.10 Å². The van der Waals surface area contributed by atoms with E-state index >= 15 is 0 Å². The van der Waals surface area contributed by atoms with Crippen molar-refractivity contribution in [3.63, 3.8) is 0 Å². The number of nitrogens with zero attached hydrogens (tertiary/aromatic N) is 3. The van der Waals surface area contributed by atoms with Crippen molar-refractivity contribution in [2.45, 2.75) is 12.8 Å². The molecule has 0 atom stereocenters. The number of hydrogen-bond donors (Lipinski definition) is 1. The zero-order chi connectivity index (χ0) is 13.1. The number of aliphatic hydroxyl groups is 1. The molecule has 1 aliphatic rings. The molecule has 0 bridgehead atoms. The van der Waals surface area contributed by atoms with Gasteiger partial charge in [0.1, 0.15) is 13.2 Å². The van der Waals surface area contributed by atoms with E-state index in [0.29, 0.717) is 19.6 Å². The van der Waals surface area contributed by atoms with Crippen LogP contribution in [0.5, 0.6) is 11.5 Å². The minimum absolute atomic E-state index is 0.164. The number of aliphatic hydroxyl groups excluding tert-OH is 1. The van der Waals surface area contributed by atoms with Crippen molar-refractivity contribution in [1.29, 1.82) is 0 Å². The lowest BCUT2D eigenvalue weighted by Crippen LogP contribution is -2.15. The number of fused-ring (bicyclic) bond motifs is 1. The summed E-state index contributed by atoms with van der Waals surface area (Å²) in [5, 5.41) is 16.9. The van der Waals surface area contributed by atoms with Crippen LogP contribution in [0.4, 0.5) is 0 Å². The average molecular weight is 261 g/mol. The Bertz CT molecular complexity index is 568. The summed E-state index contributed by atoms with van der Waals surface area (Å²) in [4.78, 5) is 0. The summed E-state index contributed by atoms with van der Waals surface area (Å²) < 4.78 is 12.7. The van der Waals surface area contributed by atoms with Gasteiger partial charge in [0.15, 0.2) is 11.5 Å². The molecule has 1 aliphatic heterocycles. The van der Waals surface area contributed by atoms with Crippen LogP contribution in [0.1, 0.15) is 12.1 Å². The largest absolute Gasteiger partial charge is 0.486 e. The van der Waals surface area contributed by atoms with Gasteiger partial charge in [-0.05, 0) is 25.0 Å². The predicted molar refractivity (Wildman–Crippen MR) is 67.8 cm³/mol. The SMILES string of the molecule is OCCCc1cn(-c2ccc3c(c2)OCCO3)nn1. The molecule has 1 N–H and O–H groups in total. The molecule has 2 heterocycles. The fourth-order valence-corrected chi connectivity index (χ4v) is 1.97. The van der Waals surface area contributed by atoms with Gasteiger partial charge in [0.05, 0.1) is 17.6 Å². The molecule has 0 fully saturated rings. The standard InChI is InChI=1S/C13H15N3O3/c17-5-1-2-10-9-16(15-14-10)11-3-4-12-13(8-11)19-7-6-18-12/h3-4,8-9,17H,1-2,5-7H2. The first-order chi connectivity index (χ1) is 9.36. The van der Waals surface area contributed by atoms with E-state index in [0.717, 1.165) is 29.3 Å². The van der Waals surface area contributed by atoms with Gasteiger partial charge in [-0.2, -0.15) is 0 Å². The van der Waals surface area contributed by atoms with Gasteiger partial charge in [-0.3, -0.25) is 0 Å². The van der Waals surface area contributed by atoms with Crippen LogP contribution in [0, 0.1) is 0 Å². The van der Waals surface area contributed by atoms with Crippen molar-refractivity contribution >= 4 is 0 Å². The maximum absolute atomic E-state index is 8.80. The Labute approximate surface area is 110 Å². The second-order valence-corrected chi connectivity index (χ2v) is 4.31. The number of rotatable bonds is 4. The van der Waals surface area contributed by atoms with Crippen molar-refractivity contribution in [3.05, 3.63) is 30.1 Å². The molecule has 0 saturated heterocycles. The molecule has 3 rings (SSSR count). The lowest BCUT2D eigenvalue weighted by molar-refractivity contribution is 0.171. The van der Waals surface area contributed by atoms with Crippen LogP contribution in [0.25, 0.3) is 5.69 Å². The fraction of sp³-hybridized carbons (Fsp3) is 0.385.